The number of amides is 3. The first-order valence-corrected chi connectivity index (χ1v) is 15.9. The van der Waals surface area contributed by atoms with Gasteiger partial charge >= 0.3 is 12.2 Å². The summed E-state index contributed by atoms with van der Waals surface area (Å²) in [6.07, 6.45) is 0.792. The average Bonchev–Trinajstić information content (AvgIpc) is 3.36. The van der Waals surface area contributed by atoms with E-state index in [2.05, 4.69) is 40.2 Å². The van der Waals surface area contributed by atoms with E-state index in [9.17, 15) is 24.5 Å². The van der Waals surface area contributed by atoms with Gasteiger partial charge in [0, 0.05) is 49.8 Å². The number of ether oxygens (including phenoxy) is 2. The molecule has 1 atom stereocenters. The van der Waals surface area contributed by atoms with Crippen LogP contribution in [0.1, 0.15) is 67.4 Å². The Morgan fingerprint density at radius 1 is 0.957 bits per heavy atom. The Morgan fingerprint density at radius 3 is 2.30 bits per heavy atom. The van der Waals surface area contributed by atoms with E-state index in [-0.39, 0.29) is 48.0 Å². The summed E-state index contributed by atoms with van der Waals surface area (Å²) in [5.41, 5.74) is 4.19. The van der Waals surface area contributed by atoms with Crippen molar-refractivity contribution in [2.45, 2.75) is 57.6 Å². The summed E-state index contributed by atoms with van der Waals surface area (Å²) in [4.78, 5) is 50.8. The topological polar surface area (TPSA) is 152 Å². The molecule has 3 amide bonds. The first kappa shape index (κ1) is 33.2. The van der Waals surface area contributed by atoms with Crippen molar-refractivity contribution in [1.29, 1.82) is 0 Å². The number of piperidine rings is 1. The number of nitrogens with zero attached hydrogens (tertiary/aromatic N) is 2. The van der Waals surface area contributed by atoms with Gasteiger partial charge in [-0.15, -0.1) is 0 Å². The zero-order chi connectivity index (χ0) is 33.6. The van der Waals surface area contributed by atoms with Crippen molar-refractivity contribution in [3.63, 3.8) is 0 Å². The van der Waals surface area contributed by atoms with Gasteiger partial charge in [-0.2, -0.15) is 0 Å². The molecule has 0 spiro atoms. The summed E-state index contributed by atoms with van der Waals surface area (Å²) in [6, 6.07) is 20.3. The number of hydrogen-bond acceptors (Lipinski definition) is 8. The Morgan fingerprint density at radius 2 is 1.64 bits per heavy atom. The largest absolute Gasteiger partial charge is 0.449 e. The van der Waals surface area contributed by atoms with E-state index in [0.717, 1.165) is 22.3 Å². The lowest BCUT2D eigenvalue weighted by Crippen LogP contribution is -2.50. The van der Waals surface area contributed by atoms with Gasteiger partial charge in [0.05, 0.1) is 4.92 Å². The molecule has 248 valence electrons. The zero-order valence-electron chi connectivity index (χ0n) is 26.9. The fourth-order valence-corrected chi connectivity index (χ4v) is 6.05. The molecule has 0 aromatic heterocycles. The van der Waals surface area contributed by atoms with Crippen molar-refractivity contribution in [1.82, 2.24) is 15.5 Å². The first-order chi connectivity index (χ1) is 22.5. The van der Waals surface area contributed by atoms with Crippen LogP contribution < -0.4 is 16.0 Å². The highest BCUT2D eigenvalue weighted by molar-refractivity contribution is 5.96. The number of carbonyl (C=O) groups excluding carboxylic acids is 3. The zero-order valence-corrected chi connectivity index (χ0v) is 26.9. The molecule has 1 saturated heterocycles. The van der Waals surface area contributed by atoms with E-state index in [4.69, 9.17) is 9.47 Å². The lowest BCUT2D eigenvalue weighted by atomic mass is 9.98. The fourth-order valence-electron chi connectivity index (χ4n) is 6.05. The Balaban J connectivity index is 1.08. The van der Waals surface area contributed by atoms with Crippen LogP contribution in [0.3, 0.4) is 0 Å². The summed E-state index contributed by atoms with van der Waals surface area (Å²) in [7, 11) is 0. The van der Waals surface area contributed by atoms with Crippen LogP contribution in [0, 0.1) is 10.1 Å². The first-order valence-electron chi connectivity index (χ1n) is 15.9. The lowest BCUT2D eigenvalue weighted by Gasteiger charge is -2.33. The molecule has 3 N–H and O–H groups in total. The third-order valence-electron chi connectivity index (χ3n) is 8.15. The van der Waals surface area contributed by atoms with E-state index in [0.29, 0.717) is 38.9 Å². The van der Waals surface area contributed by atoms with Crippen molar-refractivity contribution in [2.24, 2.45) is 0 Å². The Bertz CT molecular complexity index is 1590. The molecule has 0 unspecified atom stereocenters. The molecule has 0 radical (unpaired) electrons. The van der Waals surface area contributed by atoms with Crippen molar-refractivity contribution in [3.05, 3.63) is 93.5 Å². The summed E-state index contributed by atoms with van der Waals surface area (Å²) in [6.45, 7) is 6.96. The van der Waals surface area contributed by atoms with Gasteiger partial charge in [-0.05, 0) is 74.4 Å². The maximum Gasteiger partial charge on any atom is 0.407 e. The second kappa shape index (κ2) is 14.5. The second-order valence-electron chi connectivity index (χ2n) is 12.8. The van der Waals surface area contributed by atoms with Gasteiger partial charge in [0.1, 0.15) is 17.9 Å². The minimum Gasteiger partial charge on any atom is -0.449 e. The Labute approximate surface area is 274 Å². The van der Waals surface area contributed by atoms with E-state index < -0.39 is 22.7 Å². The molecule has 1 aliphatic heterocycles. The number of alkyl carbamates (subject to hydrolysis) is 2. The van der Waals surface area contributed by atoms with E-state index >= 15 is 0 Å². The van der Waals surface area contributed by atoms with E-state index in [1.807, 2.05) is 24.3 Å². The number of likely N-dealkylation sites (tertiary alicyclic amines) is 1. The molecule has 12 heteroatoms. The SMILES string of the molecule is CC(C)(C)OC(=O)N[C@@H]1CCCN(C(=O)c2ccc(NCCCNC(=O)OCC3c4ccccc4-c4ccccc43)c([N+](=O)[O-])c2)C1. The molecule has 1 fully saturated rings. The fraction of sp³-hybridized carbons (Fsp3) is 0.400. The van der Waals surface area contributed by atoms with Gasteiger partial charge in [0.25, 0.3) is 11.6 Å². The summed E-state index contributed by atoms with van der Waals surface area (Å²) in [5.74, 6) is -0.377. The monoisotopic (exact) mass is 643 g/mol. The predicted molar refractivity (Wildman–Crippen MR) is 178 cm³/mol. The highest BCUT2D eigenvalue weighted by Crippen LogP contribution is 2.44. The number of rotatable bonds is 10. The third-order valence-corrected chi connectivity index (χ3v) is 8.15. The minimum absolute atomic E-state index is 0.0320. The molecular formula is C35H41N5O7. The Hall–Kier alpha value is -5.13. The maximum absolute atomic E-state index is 13.3. The highest BCUT2D eigenvalue weighted by atomic mass is 16.6. The van der Waals surface area contributed by atoms with Crippen molar-refractivity contribution < 1.29 is 28.8 Å². The minimum atomic E-state index is -0.637. The third kappa shape index (κ3) is 8.37. The molecule has 12 nitrogen and oxygen atoms in total. The van der Waals surface area contributed by atoms with Crippen LogP contribution >= 0.6 is 0 Å². The summed E-state index contributed by atoms with van der Waals surface area (Å²) >= 11 is 0. The quantitative estimate of drug-likeness (QED) is 0.137. The molecule has 3 aromatic carbocycles. The van der Waals surface area contributed by atoms with Crippen molar-refractivity contribution in [3.8, 4) is 11.1 Å². The normalized spacial score (nSPS) is 15.6. The van der Waals surface area contributed by atoms with Gasteiger partial charge in [-0.1, -0.05) is 48.5 Å². The van der Waals surface area contributed by atoms with Crippen LogP contribution in [0.25, 0.3) is 11.1 Å². The number of benzene rings is 3. The van der Waals surface area contributed by atoms with Crippen LogP contribution in [-0.2, 0) is 9.47 Å². The number of fused-ring (bicyclic) bond motifs is 3. The molecule has 47 heavy (non-hydrogen) atoms. The molecule has 1 aliphatic carbocycles. The number of nitro groups is 1. The smallest absolute Gasteiger partial charge is 0.407 e. The number of anilines is 1. The summed E-state index contributed by atoms with van der Waals surface area (Å²) in [5, 5.41) is 20.5. The lowest BCUT2D eigenvalue weighted by molar-refractivity contribution is -0.384. The van der Waals surface area contributed by atoms with E-state index in [1.165, 1.54) is 12.1 Å². The predicted octanol–water partition coefficient (Wildman–Crippen LogP) is 6.06. The number of carbonyl (C=O) groups is 3. The van der Waals surface area contributed by atoms with Crippen LogP contribution in [0.2, 0.25) is 0 Å². The van der Waals surface area contributed by atoms with Gasteiger partial charge in [-0.3, -0.25) is 14.9 Å². The van der Waals surface area contributed by atoms with Crippen LogP contribution in [0.4, 0.5) is 21.0 Å². The number of hydrogen-bond donors (Lipinski definition) is 3. The van der Waals surface area contributed by atoms with Crippen LogP contribution in [0.5, 0.6) is 0 Å². The molecule has 2 aliphatic rings. The molecule has 0 saturated carbocycles. The van der Waals surface area contributed by atoms with Gasteiger partial charge in [-0.25, -0.2) is 9.59 Å². The van der Waals surface area contributed by atoms with Crippen LogP contribution in [-0.4, -0.2) is 72.3 Å². The number of nitro benzene ring substituents is 1. The van der Waals surface area contributed by atoms with Crippen LogP contribution in [0.15, 0.2) is 66.7 Å². The maximum atomic E-state index is 13.3. The van der Waals surface area contributed by atoms with Gasteiger partial charge in [0.15, 0.2) is 0 Å². The summed E-state index contributed by atoms with van der Waals surface area (Å²) < 4.78 is 10.9. The second-order valence-corrected chi connectivity index (χ2v) is 12.8. The van der Waals surface area contributed by atoms with Crippen molar-refractivity contribution >= 4 is 29.5 Å². The molecule has 1 heterocycles. The number of nitrogens with one attached hydrogen (secondary N) is 3. The molecule has 3 aromatic rings. The van der Waals surface area contributed by atoms with E-state index in [1.54, 1.807) is 31.7 Å². The Kier molecular flexibility index (Phi) is 10.3. The average molecular weight is 644 g/mol. The van der Waals surface area contributed by atoms with Gasteiger partial charge in [0.2, 0.25) is 0 Å². The van der Waals surface area contributed by atoms with Crippen molar-refractivity contribution in [2.75, 3.05) is 38.1 Å². The standard InChI is InChI=1S/C35H41N5O7/c1-35(2,3)47-34(43)38-24-10-8-19-39(21-24)32(41)23-15-16-30(31(20-23)40(44)45)36-17-9-18-37-33(42)46-22-29-27-13-6-4-11-25(27)26-12-5-7-14-28(26)29/h4-7,11-16,20,24,29,36H,8-10,17-19,21-22H2,1-3H3,(H,37,42)(H,38,43)/t24-/m1/s1. The molecular weight excluding hydrogens is 602 g/mol. The molecule has 0 bridgehead atoms. The molecule has 5 rings (SSSR count). The highest BCUT2D eigenvalue weighted by Gasteiger charge is 2.30. The van der Waals surface area contributed by atoms with Gasteiger partial charge < -0.3 is 30.3 Å².